The third kappa shape index (κ3) is 3.94. The quantitative estimate of drug-likeness (QED) is 0.544. The molecule has 0 aliphatic carbocycles. The molecule has 0 fully saturated rings. The molecule has 2 aromatic carbocycles. The number of carbonyl (C=O) groups is 1. The SMILES string of the molecule is COc1ccc2c(c1)c(CC(C)NC(=O)Cc1cccc3cccnc13)cn2C. The molecule has 1 N–H and O–H groups in total. The number of pyridine rings is 1. The van der Waals surface area contributed by atoms with Crippen LogP contribution in [0.25, 0.3) is 21.8 Å². The topological polar surface area (TPSA) is 56.1 Å². The third-order valence-electron chi connectivity index (χ3n) is 5.28. The second-order valence-corrected chi connectivity index (χ2v) is 7.49. The Morgan fingerprint density at radius 2 is 2.00 bits per heavy atom. The standard InChI is InChI=1S/C24H25N3O2/c1-16(12-19-15-27(2)22-10-9-20(29-3)14-21(19)22)26-23(28)13-18-7-4-6-17-8-5-11-25-24(17)18/h4-11,14-16H,12-13H2,1-3H3,(H,26,28). The van der Waals surface area contributed by atoms with Crippen molar-refractivity contribution in [2.45, 2.75) is 25.8 Å². The Hall–Kier alpha value is -3.34. The molecular weight excluding hydrogens is 362 g/mol. The summed E-state index contributed by atoms with van der Waals surface area (Å²) in [6.45, 7) is 2.04. The highest BCUT2D eigenvalue weighted by Crippen LogP contribution is 2.26. The summed E-state index contributed by atoms with van der Waals surface area (Å²) < 4.78 is 7.48. The zero-order chi connectivity index (χ0) is 20.4. The van der Waals surface area contributed by atoms with Crippen LogP contribution in [0.3, 0.4) is 0 Å². The highest BCUT2D eigenvalue weighted by molar-refractivity contribution is 5.88. The lowest BCUT2D eigenvalue weighted by molar-refractivity contribution is -0.121. The summed E-state index contributed by atoms with van der Waals surface area (Å²) in [6, 6.07) is 16.0. The fourth-order valence-corrected chi connectivity index (χ4v) is 3.93. The van der Waals surface area contributed by atoms with Crippen LogP contribution in [-0.4, -0.2) is 28.6 Å². The second kappa shape index (κ2) is 7.95. The Balaban J connectivity index is 1.48. The van der Waals surface area contributed by atoms with Crippen LogP contribution in [0.5, 0.6) is 5.75 Å². The van der Waals surface area contributed by atoms with Gasteiger partial charge in [-0.15, -0.1) is 0 Å². The molecule has 4 aromatic rings. The number of hydrogen-bond donors (Lipinski definition) is 1. The van der Waals surface area contributed by atoms with Crippen molar-refractivity contribution in [2.24, 2.45) is 7.05 Å². The van der Waals surface area contributed by atoms with E-state index in [2.05, 4.69) is 33.2 Å². The Bertz CT molecular complexity index is 1170. The molecule has 5 nitrogen and oxygen atoms in total. The van der Waals surface area contributed by atoms with Crippen LogP contribution in [-0.2, 0) is 24.7 Å². The molecule has 1 amide bonds. The Kier molecular flexibility index (Phi) is 5.21. The molecule has 0 radical (unpaired) electrons. The van der Waals surface area contributed by atoms with E-state index in [0.717, 1.165) is 39.5 Å². The minimum absolute atomic E-state index is 0.00784. The summed E-state index contributed by atoms with van der Waals surface area (Å²) >= 11 is 0. The summed E-state index contributed by atoms with van der Waals surface area (Å²) in [5.41, 5.74) is 4.18. The number of nitrogens with zero attached hydrogens (tertiary/aromatic N) is 2. The third-order valence-corrected chi connectivity index (χ3v) is 5.28. The van der Waals surface area contributed by atoms with Gasteiger partial charge < -0.3 is 14.6 Å². The Labute approximate surface area is 170 Å². The van der Waals surface area contributed by atoms with Crippen molar-refractivity contribution in [3.05, 3.63) is 72.1 Å². The summed E-state index contributed by atoms with van der Waals surface area (Å²) in [5, 5.41) is 5.35. The first-order chi connectivity index (χ1) is 14.0. The van der Waals surface area contributed by atoms with Gasteiger partial charge in [-0.1, -0.05) is 24.3 Å². The molecule has 2 aromatic heterocycles. The molecule has 5 heteroatoms. The maximum absolute atomic E-state index is 12.7. The van der Waals surface area contributed by atoms with Crippen molar-refractivity contribution in [2.75, 3.05) is 7.11 Å². The van der Waals surface area contributed by atoms with Gasteiger partial charge in [-0.05, 0) is 48.7 Å². The first-order valence-electron chi connectivity index (χ1n) is 9.79. The lowest BCUT2D eigenvalue weighted by Crippen LogP contribution is -2.35. The molecule has 0 aliphatic heterocycles. The monoisotopic (exact) mass is 387 g/mol. The van der Waals surface area contributed by atoms with Gasteiger partial charge in [-0.3, -0.25) is 9.78 Å². The number of rotatable bonds is 6. The second-order valence-electron chi connectivity index (χ2n) is 7.49. The molecule has 2 heterocycles. The smallest absolute Gasteiger partial charge is 0.224 e. The first kappa shape index (κ1) is 19.0. The number of methoxy groups -OCH3 is 1. The molecule has 0 bridgehead atoms. The molecule has 1 unspecified atom stereocenters. The fraction of sp³-hybridized carbons (Fsp3) is 0.250. The Morgan fingerprint density at radius 1 is 1.17 bits per heavy atom. The summed E-state index contributed by atoms with van der Waals surface area (Å²) in [6.07, 6.45) is 4.97. The number of ether oxygens (including phenoxy) is 1. The fourth-order valence-electron chi connectivity index (χ4n) is 3.93. The molecule has 4 rings (SSSR count). The van der Waals surface area contributed by atoms with E-state index in [-0.39, 0.29) is 11.9 Å². The van der Waals surface area contributed by atoms with Crippen LogP contribution in [0.15, 0.2) is 60.9 Å². The van der Waals surface area contributed by atoms with Gasteiger partial charge in [0.2, 0.25) is 5.91 Å². The summed E-state index contributed by atoms with van der Waals surface area (Å²) in [5.74, 6) is 0.846. The van der Waals surface area contributed by atoms with Gasteiger partial charge in [0, 0.05) is 41.8 Å². The van der Waals surface area contributed by atoms with Gasteiger partial charge >= 0.3 is 0 Å². The number of amides is 1. The van der Waals surface area contributed by atoms with Gasteiger partial charge in [0.05, 0.1) is 19.0 Å². The number of carbonyl (C=O) groups excluding carboxylic acids is 1. The minimum atomic E-state index is 0.00784. The van der Waals surface area contributed by atoms with E-state index < -0.39 is 0 Å². The lowest BCUT2D eigenvalue weighted by Gasteiger charge is -2.14. The molecule has 0 spiro atoms. The highest BCUT2D eigenvalue weighted by Gasteiger charge is 2.14. The van der Waals surface area contributed by atoms with Crippen molar-refractivity contribution in [1.82, 2.24) is 14.9 Å². The van der Waals surface area contributed by atoms with Crippen molar-refractivity contribution >= 4 is 27.7 Å². The number of aromatic nitrogens is 2. The van der Waals surface area contributed by atoms with Gasteiger partial charge in [-0.2, -0.15) is 0 Å². The normalized spacial score (nSPS) is 12.2. The van der Waals surface area contributed by atoms with E-state index in [0.29, 0.717) is 6.42 Å². The average molecular weight is 387 g/mol. The molecule has 29 heavy (non-hydrogen) atoms. The van der Waals surface area contributed by atoms with Crippen LogP contribution in [0.1, 0.15) is 18.1 Å². The molecule has 0 aliphatic rings. The van der Waals surface area contributed by atoms with Crippen LogP contribution >= 0.6 is 0 Å². The number of nitrogens with one attached hydrogen (secondary N) is 1. The Morgan fingerprint density at radius 3 is 2.83 bits per heavy atom. The van der Waals surface area contributed by atoms with Crippen LogP contribution in [0, 0.1) is 0 Å². The molecule has 1 atom stereocenters. The van der Waals surface area contributed by atoms with E-state index in [9.17, 15) is 4.79 Å². The predicted octanol–water partition coefficient (Wildman–Crippen LogP) is 4.03. The predicted molar refractivity (Wildman–Crippen MR) is 116 cm³/mol. The lowest BCUT2D eigenvalue weighted by atomic mass is 10.0. The zero-order valence-electron chi connectivity index (χ0n) is 17.0. The van der Waals surface area contributed by atoms with Gasteiger partial charge in [0.15, 0.2) is 0 Å². The largest absolute Gasteiger partial charge is 0.497 e. The highest BCUT2D eigenvalue weighted by atomic mass is 16.5. The number of hydrogen-bond acceptors (Lipinski definition) is 3. The maximum atomic E-state index is 12.7. The van der Waals surface area contributed by atoms with Gasteiger partial charge in [0.25, 0.3) is 0 Å². The van der Waals surface area contributed by atoms with Gasteiger partial charge in [0.1, 0.15) is 5.75 Å². The maximum Gasteiger partial charge on any atom is 0.224 e. The van der Waals surface area contributed by atoms with Crippen molar-refractivity contribution in [3.8, 4) is 5.75 Å². The number of para-hydroxylation sites is 1. The summed E-state index contributed by atoms with van der Waals surface area (Å²) in [4.78, 5) is 17.1. The van der Waals surface area contributed by atoms with E-state index in [4.69, 9.17) is 4.74 Å². The molecular formula is C24H25N3O2. The van der Waals surface area contributed by atoms with Crippen molar-refractivity contribution in [1.29, 1.82) is 0 Å². The van der Waals surface area contributed by atoms with Crippen molar-refractivity contribution < 1.29 is 9.53 Å². The number of benzene rings is 2. The van der Waals surface area contributed by atoms with Crippen LogP contribution in [0.2, 0.25) is 0 Å². The number of aryl methyl sites for hydroxylation is 1. The molecule has 0 saturated heterocycles. The van der Waals surface area contributed by atoms with Gasteiger partial charge in [-0.25, -0.2) is 0 Å². The van der Waals surface area contributed by atoms with E-state index >= 15 is 0 Å². The zero-order valence-corrected chi connectivity index (χ0v) is 17.0. The first-order valence-corrected chi connectivity index (χ1v) is 9.79. The van der Waals surface area contributed by atoms with Crippen molar-refractivity contribution in [3.63, 3.8) is 0 Å². The number of fused-ring (bicyclic) bond motifs is 2. The van der Waals surface area contributed by atoms with E-state index in [1.165, 1.54) is 5.56 Å². The molecule has 148 valence electrons. The van der Waals surface area contributed by atoms with E-state index in [1.54, 1.807) is 13.3 Å². The van der Waals surface area contributed by atoms with Crippen LogP contribution in [0.4, 0.5) is 0 Å². The average Bonchev–Trinajstić information content (AvgIpc) is 3.02. The molecule has 0 saturated carbocycles. The summed E-state index contributed by atoms with van der Waals surface area (Å²) in [7, 11) is 3.71. The van der Waals surface area contributed by atoms with E-state index in [1.807, 2.05) is 50.4 Å². The van der Waals surface area contributed by atoms with Crippen LogP contribution < -0.4 is 10.1 Å². The minimum Gasteiger partial charge on any atom is -0.497 e.